The van der Waals surface area contributed by atoms with Crippen LogP contribution in [0.4, 0.5) is 14.5 Å². The lowest BCUT2D eigenvalue weighted by molar-refractivity contribution is 0.102. The second-order valence-electron chi connectivity index (χ2n) is 6.99. The van der Waals surface area contributed by atoms with Crippen molar-refractivity contribution < 1.29 is 13.6 Å². The van der Waals surface area contributed by atoms with Gasteiger partial charge in [-0.2, -0.15) is 0 Å². The highest BCUT2D eigenvalue weighted by Crippen LogP contribution is 2.38. The van der Waals surface area contributed by atoms with Crippen LogP contribution in [0, 0.1) is 5.82 Å². The molecule has 0 aliphatic carbocycles. The van der Waals surface area contributed by atoms with Gasteiger partial charge in [-0.1, -0.05) is 12.2 Å². The van der Waals surface area contributed by atoms with E-state index in [0.717, 1.165) is 4.47 Å². The normalized spacial score (nSPS) is 25.0. The summed E-state index contributed by atoms with van der Waals surface area (Å²) >= 11 is 8.38. The van der Waals surface area contributed by atoms with Gasteiger partial charge in [0.25, 0.3) is 5.91 Å². The van der Waals surface area contributed by atoms with E-state index in [2.05, 4.69) is 31.5 Å². The van der Waals surface area contributed by atoms with Gasteiger partial charge in [-0.25, -0.2) is 13.8 Å². The minimum atomic E-state index is -1.61. The molecule has 0 spiro atoms. The molecule has 0 radical (unpaired) electrons. The standard InChI is InChI=1S/C19H18BrF2N3OS/c1-18(22)7-8-19(2,25-17(18)27)13-9-12(4-5-14(13)21)24-16(26)15-6-3-11(20)10-23-15/h3-6,9-10H,7-8H2,1-2H3,(H,24,26)(H,25,27)/t18-,19-/m0/s1. The molecule has 142 valence electrons. The largest absolute Gasteiger partial charge is 0.368 e. The summed E-state index contributed by atoms with van der Waals surface area (Å²) in [4.78, 5) is 16.4. The molecule has 2 N–H and O–H groups in total. The number of hydrogen-bond donors (Lipinski definition) is 2. The molecule has 1 aromatic heterocycles. The molecule has 0 unspecified atom stereocenters. The maximum absolute atomic E-state index is 14.5. The molecule has 0 saturated carbocycles. The number of carbonyl (C=O) groups is 1. The second-order valence-corrected chi connectivity index (χ2v) is 8.32. The van der Waals surface area contributed by atoms with E-state index in [1.807, 2.05) is 0 Å². The van der Waals surface area contributed by atoms with Crippen molar-refractivity contribution in [3.05, 3.63) is 58.1 Å². The van der Waals surface area contributed by atoms with E-state index in [1.54, 1.807) is 25.1 Å². The number of aromatic nitrogens is 1. The number of nitrogens with one attached hydrogen (secondary N) is 2. The minimum absolute atomic E-state index is 0.0594. The monoisotopic (exact) mass is 453 g/mol. The smallest absolute Gasteiger partial charge is 0.274 e. The molecule has 2 atom stereocenters. The Kier molecular flexibility index (Phi) is 5.31. The molecule has 1 fully saturated rings. The van der Waals surface area contributed by atoms with Crippen LogP contribution in [0.1, 0.15) is 42.7 Å². The van der Waals surface area contributed by atoms with Crippen molar-refractivity contribution in [2.24, 2.45) is 0 Å². The fourth-order valence-electron chi connectivity index (χ4n) is 2.97. The van der Waals surface area contributed by atoms with Crippen LogP contribution in [0.2, 0.25) is 0 Å². The van der Waals surface area contributed by atoms with Gasteiger partial charge in [0.2, 0.25) is 0 Å². The summed E-state index contributed by atoms with van der Waals surface area (Å²) in [5, 5.41) is 5.66. The summed E-state index contributed by atoms with van der Waals surface area (Å²) in [7, 11) is 0. The first-order chi connectivity index (χ1) is 12.6. The third-order valence-corrected chi connectivity index (χ3v) is 5.73. The number of thiocarbonyl (C=S) groups is 1. The Hall–Kier alpha value is -1.93. The second kappa shape index (κ2) is 7.24. The molecular formula is C19H18BrF2N3OS. The lowest BCUT2D eigenvalue weighted by Gasteiger charge is -2.42. The Bertz CT molecular complexity index is 904. The molecule has 3 rings (SSSR count). The number of anilines is 1. The molecule has 1 aliphatic rings. The predicted octanol–water partition coefficient (Wildman–Crippen LogP) is 4.89. The number of rotatable bonds is 3. The van der Waals surface area contributed by atoms with Crippen molar-refractivity contribution >= 4 is 44.7 Å². The number of piperidine rings is 1. The number of halogens is 3. The number of amides is 1. The third-order valence-electron chi connectivity index (χ3n) is 4.74. The Labute approximate surface area is 169 Å². The first kappa shape index (κ1) is 19.8. The van der Waals surface area contributed by atoms with Crippen LogP contribution in [0.15, 0.2) is 41.0 Å². The van der Waals surface area contributed by atoms with E-state index in [9.17, 15) is 13.6 Å². The van der Waals surface area contributed by atoms with E-state index < -0.39 is 22.9 Å². The van der Waals surface area contributed by atoms with Gasteiger partial charge in [-0.3, -0.25) is 4.79 Å². The number of benzene rings is 1. The lowest BCUT2D eigenvalue weighted by atomic mass is 9.79. The van der Waals surface area contributed by atoms with Gasteiger partial charge in [0.05, 0.1) is 5.54 Å². The number of alkyl halides is 1. The molecular weight excluding hydrogens is 436 g/mol. The summed E-state index contributed by atoms with van der Waals surface area (Å²) in [5.74, 6) is -0.858. The van der Waals surface area contributed by atoms with Crippen molar-refractivity contribution in [1.82, 2.24) is 10.3 Å². The average molecular weight is 454 g/mol. The Morgan fingerprint density at radius 2 is 2.04 bits per heavy atom. The van der Waals surface area contributed by atoms with E-state index in [0.29, 0.717) is 17.7 Å². The zero-order chi connectivity index (χ0) is 19.8. The third kappa shape index (κ3) is 4.16. The van der Waals surface area contributed by atoms with Gasteiger partial charge in [0, 0.05) is 21.9 Å². The van der Waals surface area contributed by atoms with Crippen LogP contribution in [-0.2, 0) is 5.54 Å². The van der Waals surface area contributed by atoms with Crippen LogP contribution >= 0.6 is 28.1 Å². The van der Waals surface area contributed by atoms with Crippen molar-refractivity contribution in [2.75, 3.05) is 5.32 Å². The van der Waals surface area contributed by atoms with Crippen molar-refractivity contribution in [3.63, 3.8) is 0 Å². The highest BCUT2D eigenvalue weighted by molar-refractivity contribution is 9.10. The van der Waals surface area contributed by atoms with E-state index in [1.165, 1.54) is 25.3 Å². The van der Waals surface area contributed by atoms with Gasteiger partial charge in [0.15, 0.2) is 5.67 Å². The molecule has 4 nitrogen and oxygen atoms in total. The maximum atomic E-state index is 14.5. The zero-order valence-corrected chi connectivity index (χ0v) is 17.2. The summed E-state index contributed by atoms with van der Waals surface area (Å²) in [6.07, 6.45) is 2.07. The molecule has 2 heterocycles. The van der Waals surface area contributed by atoms with Crippen molar-refractivity contribution in [3.8, 4) is 0 Å². The van der Waals surface area contributed by atoms with Gasteiger partial charge >= 0.3 is 0 Å². The maximum Gasteiger partial charge on any atom is 0.274 e. The van der Waals surface area contributed by atoms with Gasteiger partial charge in [0.1, 0.15) is 16.5 Å². The van der Waals surface area contributed by atoms with E-state index in [4.69, 9.17) is 12.2 Å². The minimum Gasteiger partial charge on any atom is -0.368 e. The Morgan fingerprint density at radius 3 is 2.67 bits per heavy atom. The van der Waals surface area contributed by atoms with Crippen LogP contribution in [0.25, 0.3) is 0 Å². The Balaban J connectivity index is 1.85. The van der Waals surface area contributed by atoms with E-state index >= 15 is 0 Å². The molecule has 27 heavy (non-hydrogen) atoms. The SMILES string of the molecule is C[C@]1(F)CC[C@@](C)(c2cc(NC(=O)c3ccc(Br)cn3)ccc2F)NC1=S. The van der Waals surface area contributed by atoms with Crippen LogP contribution < -0.4 is 10.6 Å². The Morgan fingerprint density at radius 1 is 1.30 bits per heavy atom. The molecule has 2 aromatic rings. The molecule has 1 aromatic carbocycles. The highest BCUT2D eigenvalue weighted by atomic mass is 79.9. The number of hydrogen-bond acceptors (Lipinski definition) is 3. The molecule has 8 heteroatoms. The van der Waals surface area contributed by atoms with Crippen molar-refractivity contribution in [2.45, 2.75) is 37.9 Å². The van der Waals surface area contributed by atoms with Crippen LogP contribution in [-0.4, -0.2) is 21.5 Å². The van der Waals surface area contributed by atoms with Crippen molar-refractivity contribution in [1.29, 1.82) is 0 Å². The van der Waals surface area contributed by atoms with Gasteiger partial charge < -0.3 is 10.6 Å². The molecule has 1 amide bonds. The quantitative estimate of drug-likeness (QED) is 0.649. The number of carbonyl (C=O) groups excluding carboxylic acids is 1. The lowest BCUT2D eigenvalue weighted by Crippen LogP contribution is -2.55. The first-order valence-corrected chi connectivity index (χ1v) is 9.55. The summed E-state index contributed by atoms with van der Waals surface area (Å²) in [5.41, 5.74) is -1.49. The number of nitrogens with zero attached hydrogens (tertiary/aromatic N) is 1. The summed E-state index contributed by atoms with van der Waals surface area (Å²) < 4.78 is 29.6. The molecule has 0 bridgehead atoms. The van der Waals surface area contributed by atoms with E-state index in [-0.39, 0.29) is 17.1 Å². The van der Waals surface area contributed by atoms with Gasteiger partial charge in [-0.05, 0) is 73.0 Å². The summed E-state index contributed by atoms with van der Waals surface area (Å²) in [6.45, 7) is 3.19. The molecule has 1 saturated heterocycles. The topological polar surface area (TPSA) is 54.0 Å². The fraction of sp³-hybridized carbons (Fsp3) is 0.316. The average Bonchev–Trinajstić information content (AvgIpc) is 2.61. The molecule has 1 aliphatic heterocycles. The number of pyridine rings is 1. The van der Waals surface area contributed by atoms with Crippen LogP contribution in [0.3, 0.4) is 0 Å². The summed E-state index contributed by atoms with van der Waals surface area (Å²) in [6, 6.07) is 7.58. The zero-order valence-electron chi connectivity index (χ0n) is 14.8. The first-order valence-electron chi connectivity index (χ1n) is 8.35. The van der Waals surface area contributed by atoms with Gasteiger partial charge in [-0.15, -0.1) is 0 Å². The highest BCUT2D eigenvalue weighted by Gasteiger charge is 2.43. The fourth-order valence-corrected chi connectivity index (χ4v) is 3.54. The predicted molar refractivity (Wildman–Crippen MR) is 108 cm³/mol. The van der Waals surface area contributed by atoms with Crippen LogP contribution in [0.5, 0.6) is 0 Å².